The van der Waals surface area contributed by atoms with E-state index in [1.54, 1.807) is 0 Å². The largest absolute Gasteiger partial charge is 0.389 e. The summed E-state index contributed by atoms with van der Waals surface area (Å²) in [5.74, 6) is 0.229. The van der Waals surface area contributed by atoms with E-state index in [-0.39, 0.29) is 5.75 Å². The molecule has 4 nitrogen and oxygen atoms in total. The van der Waals surface area contributed by atoms with Gasteiger partial charge in [0.05, 0.1) is 12.3 Å². The standard InChI is InChI=1S/C6H10N2O2S/c9-5(3-11)6(10)4-1-7-8-2-4/h1-2,5-6,9-11H,3H2,(H,7,8). The summed E-state index contributed by atoms with van der Waals surface area (Å²) in [4.78, 5) is 0. The molecule has 11 heavy (non-hydrogen) atoms. The van der Waals surface area contributed by atoms with E-state index in [1.165, 1.54) is 12.4 Å². The van der Waals surface area contributed by atoms with Crippen molar-refractivity contribution in [2.75, 3.05) is 5.75 Å². The van der Waals surface area contributed by atoms with E-state index in [0.29, 0.717) is 5.56 Å². The van der Waals surface area contributed by atoms with Gasteiger partial charge in [-0.05, 0) is 0 Å². The van der Waals surface area contributed by atoms with E-state index in [9.17, 15) is 5.11 Å². The van der Waals surface area contributed by atoms with Gasteiger partial charge in [0.15, 0.2) is 0 Å². The number of nitrogens with one attached hydrogen (secondary N) is 1. The zero-order chi connectivity index (χ0) is 8.27. The Morgan fingerprint density at radius 2 is 2.36 bits per heavy atom. The van der Waals surface area contributed by atoms with Gasteiger partial charge in [-0.25, -0.2) is 0 Å². The van der Waals surface area contributed by atoms with Crippen LogP contribution in [0.2, 0.25) is 0 Å². The van der Waals surface area contributed by atoms with E-state index >= 15 is 0 Å². The van der Waals surface area contributed by atoms with Gasteiger partial charge < -0.3 is 10.2 Å². The highest BCUT2D eigenvalue weighted by Crippen LogP contribution is 2.15. The van der Waals surface area contributed by atoms with Crippen molar-refractivity contribution in [1.82, 2.24) is 10.2 Å². The van der Waals surface area contributed by atoms with E-state index < -0.39 is 12.2 Å². The Hall–Kier alpha value is -0.520. The van der Waals surface area contributed by atoms with Crippen molar-refractivity contribution < 1.29 is 10.2 Å². The summed E-state index contributed by atoms with van der Waals surface area (Å²) in [7, 11) is 0. The number of hydrogen-bond acceptors (Lipinski definition) is 4. The van der Waals surface area contributed by atoms with Crippen LogP contribution in [0.5, 0.6) is 0 Å². The molecular formula is C6H10N2O2S. The van der Waals surface area contributed by atoms with Crippen LogP contribution >= 0.6 is 12.6 Å². The van der Waals surface area contributed by atoms with Gasteiger partial charge in [-0.3, -0.25) is 5.10 Å². The van der Waals surface area contributed by atoms with Crippen molar-refractivity contribution in [3.05, 3.63) is 18.0 Å². The van der Waals surface area contributed by atoms with Crippen molar-refractivity contribution in [3.8, 4) is 0 Å². The zero-order valence-corrected chi connectivity index (χ0v) is 6.70. The van der Waals surface area contributed by atoms with Crippen LogP contribution in [0, 0.1) is 0 Å². The smallest absolute Gasteiger partial charge is 0.109 e. The molecule has 1 rings (SSSR count). The van der Waals surface area contributed by atoms with Crippen molar-refractivity contribution in [1.29, 1.82) is 0 Å². The van der Waals surface area contributed by atoms with Crippen molar-refractivity contribution in [2.45, 2.75) is 12.2 Å². The van der Waals surface area contributed by atoms with Gasteiger partial charge in [0.2, 0.25) is 0 Å². The molecule has 0 aliphatic rings. The number of aromatic nitrogens is 2. The lowest BCUT2D eigenvalue weighted by atomic mass is 10.1. The van der Waals surface area contributed by atoms with Crippen LogP contribution in [-0.2, 0) is 0 Å². The number of aromatic amines is 1. The minimum Gasteiger partial charge on any atom is -0.389 e. The van der Waals surface area contributed by atoms with Gasteiger partial charge in [-0.15, -0.1) is 0 Å². The summed E-state index contributed by atoms with van der Waals surface area (Å²) in [5.41, 5.74) is 0.576. The lowest BCUT2D eigenvalue weighted by Gasteiger charge is -2.12. The highest BCUT2D eigenvalue weighted by Gasteiger charge is 2.16. The van der Waals surface area contributed by atoms with Crippen LogP contribution in [0.4, 0.5) is 0 Å². The first-order valence-electron chi connectivity index (χ1n) is 3.21. The zero-order valence-electron chi connectivity index (χ0n) is 5.81. The third kappa shape index (κ3) is 1.95. The second-order valence-corrected chi connectivity index (χ2v) is 2.59. The summed E-state index contributed by atoms with van der Waals surface area (Å²) in [6, 6.07) is 0. The van der Waals surface area contributed by atoms with Crippen LogP contribution in [0.25, 0.3) is 0 Å². The number of thiol groups is 1. The average Bonchev–Trinajstić information content (AvgIpc) is 2.53. The summed E-state index contributed by atoms with van der Waals surface area (Å²) >= 11 is 3.85. The quantitative estimate of drug-likeness (QED) is 0.477. The molecule has 2 unspecified atom stereocenters. The Labute approximate surface area is 69.7 Å². The number of H-pyrrole nitrogens is 1. The van der Waals surface area contributed by atoms with Gasteiger partial charge in [-0.2, -0.15) is 17.7 Å². The van der Waals surface area contributed by atoms with Crippen molar-refractivity contribution >= 4 is 12.6 Å². The number of hydrogen-bond donors (Lipinski definition) is 4. The third-order valence-corrected chi connectivity index (χ3v) is 1.79. The van der Waals surface area contributed by atoms with Crippen molar-refractivity contribution in [2.24, 2.45) is 0 Å². The second kappa shape index (κ2) is 3.75. The van der Waals surface area contributed by atoms with Crippen LogP contribution in [0.1, 0.15) is 11.7 Å². The molecule has 0 aliphatic heterocycles. The maximum atomic E-state index is 9.32. The second-order valence-electron chi connectivity index (χ2n) is 2.23. The highest BCUT2D eigenvalue weighted by atomic mass is 32.1. The lowest BCUT2D eigenvalue weighted by molar-refractivity contribution is 0.0338. The Bertz CT molecular complexity index is 202. The molecular weight excluding hydrogens is 164 g/mol. The Balaban J connectivity index is 2.62. The molecule has 1 aromatic heterocycles. The van der Waals surface area contributed by atoms with Gasteiger partial charge in [0.25, 0.3) is 0 Å². The topological polar surface area (TPSA) is 69.1 Å². The fraction of sp³-hybridized carbons (Fsp3) is 0.500. The molecule has 1 aromatic rings. The summed E-state index contributed by atoms with van der Waals surface area (Å²) in [6.45, 7) is 0. The summed E-state index contributed by atoms with van der Waals surface area (Å²) in [5, 5.41) is 24.6. The highest BCUT2D eigenvalue weighted by molar-refractivity contribution is 7.80. The molecule has 0 radical (unpaired) electrons. The first kappa shape index (κ1) is 8.58. The summed E-state index contributed by atoms with van der Waals surface area (Å²) < 4.78 is 0. The van der Waals surface area contributed by atoms with E-state index in [1.807, 2.05) is 0 Å². The predicted molar refractivity (Wildman–Crippen MR) is 43.4 cm³/mol. The van der Waals surface area contributed by atoms with E-state index in [2.05, 4.69) is 22.8 Å². The third-order valence-electron chi connectivity index (χ3n) is 1.41. The molecule has 0 aliphatic carbocycles. The fourth-order valence-corrected chi connectivity index (χ4v) is 0.944. The van der Waals surface area contributed by atoms with Gasteiger partial charge in [0.1, 0.15) is 6.10 Å². The van der Waals surface area contributed by atoms with E-state index in [4.69, 9.17) is 5.11 Å². The molecule has 0 aromatic carbocycles. The average molecular weight is 174 g/mol. The minimum absolute atomic E-state index is 0.229. The molecule has 0 spiro atoms. The van der Waals surface area contributed by atoms with Crippen LogP contribution in [-0.4, -0.2) is 32.3 Å². The predicted octanol–water partition coefficient (Wildman–Crippen LogP) is -0.266. The number of nitrogens with zero attached hydrogens (tertiary/aromatic N) is 1. The molecule has 0 amide bonds. The molecule has 2 atom stereocenters. The minimum atomic E-state index is -0.897. The van der Waals surface area contributed by atoms with Gasteiger partial charge in [-0.1, -0.05) is 0 Å². The van der Waals surface area contributed by atoms with E-state index in [0.717, 1.165) is 0 Å². The Morgan fingerprint density at radius 3 is 2.82 bits per heavy atom. The first-order chi connectivity index (χ1) is 5.25. The lowest BCUT2D eigenvalue weighted by Crippen LogP contribution is -2.19. The van der Waals surface area contributed by atoms with Crippen molar-refractivity contribution in [3.63, 3.8) is 0 Å². The SMILES string of the molecule is OC(CS)C(O)c1cn[nH]c1. The molecule has 62 valence electrons. The van der Waals surface area contributed by atoms with Gasteiger partial charge in [0, 0.05) is 17.5 Å². The number of aliphatic hydroxyl groups excluding tert-OH is 2. The molecule has 5 heteroatoms. The Kier molecular flexibility index (Phi) is 2.92. The molecule has 0 bridgehead atoms. The van der Waals surface area contributed by atoms with Gasteiger partial charge >= 0.3 is 0 Å². The Morgan fingerprint density at radius 1 is 1.64 bits per heavy atom. The van der Waals surface area contributed by atoms with Crippen LogP contribution in [0.3, 0.4) is 0 Å². The maximum absolute atomic E-state index is 9.32. The molecule has 0 saturated carbocycles. The monoisotopic (exact) mass is 174 g/mol. The fourth-order valence-electron chi connectivity index (χ4n) is 0.745. The first-order valence-corrected chi connectivity index (χ1v) is 3.84. The molecule has 0 saturated heterocycles. The van der Waals surface area contributed by atoms with Crippen LogP contribution in [0.15, 0.2) is 12.4 Å². The number of rotatable bonds is 3. The molecule has 3 N–H and O–H groups in total. The normalized spacial score (nSPS) is 16.3. The summed E-state index contributed by atoms with van der Waals surface area (Å²) in [6.07, 6.45) is 1.27. The molecule has 0 fully saturated rings. The number of aliphatic hydroxyl groups is 2. The molecule has 1 heterocycles. The maximum Gasteiger partial charge on any atom is 0.109 e. The van der Waals surface area contributed by atoms with Crippen LogP contribution < -0.4 is 0 Å².